The first-order valence-corrected chi connectivity index (χ1v) is 7.65. The number of thiazole rings is 1. The number of aromatic nitrogens is 1. The Morgan fingerprint density at radius 2 is 2.00 bits per heavy atom. The smallest absolute Gasteiger partial charge is 0.306 e. The van der Waals surface area contributed by atoms with Crippen LogP contribution in [0.3, 0.4) is 0 Å². The van der Waals surface area contributed by atoms with E-state index in [4.69, 9.17) is 5.11 Å². The highest BCUT2D eigenvalue weighted by Gasteiger charge is 2.34. The van der Waals surface area contributed by atoms with Crippen LogP contribution in [-0.2, 0) is 15.0 Å². The molecule has 1 aromatic heterocycles. The zero-order chi connectivity index (χ0) is 14.9. The Morgan fingerprint density at radius 3 is 2.50 bits per heavy atom. The van der Waals surface area contributed by atoms with E-state index in [-0.39, 0.29) is 23.2 Å². The Hall–Kier alpha value is -1.43. The molecule has 1 fully saturated rings. The lowest BCUT2D eigenvalue weighted by atomic mass is 9.93. The Bertz CT molecular complexity index is 519. The van der Waals surface area contributed by atoms with Crippen molar-refractivity contribution in [3.05, 3.63) is 11.1 Å². The van der Waals surface area contributed by atoms with Gasteiger partial charge in [-0.15, -0.1) is 11.3 Å². The molecule has 0 aromatic carbocycles. The maximum Gasteiger partial charge on any atom is 0.306 e. The minimum absolute atomic E-state index is 0.0404. The summed E-state index contributed by atoms with van der Waals surface area (Å²) in [5, 5.41) is 14.3. The van der Waals surface area contributed by atoms with Crippen molar-refractivity contribution < 1.29 is 14.7 Å². The SMILES string of the molecule is CC(C)(C)c1csc(NC(=O)[C@@H]2CC[C@H](C(=O)O)C2)n1. The fourth-order valence-corrected chi connectivity index (χ4v) is 3.27. The predicted molar refractivity (Wildman–Crippen MR) is 77.9 cm³/mol. The average Bonchev–Trinajstić information content (AvgIpc) is 2.95. The van der Waals surface area contributed by atoms with Gasteiger partial charge in [0.2, 0.25) is 5.91 Å². The summed E-state index contributed by atoms with van der Waals surface area (Å²) in [6.07, 6.45) is 1.65. The molecule has 1 aliphatic rings. The van der Waals surface area contributed by atoms with Gasteiger partial charge in [0.15, 0.2) is 5.13 Å². The van der Waals surface area contributed by atoms with Gasteiger partial charge in [-0.25, -0.2) is 4.98 Å². The summed E-state index contributed by atoms with van der Waals surface area (Å²) in [5.41, 5.74) is 0.911. The van der Waals surface area contributed by atoms with Gasteiger partial charge in [-0.2, -0.15) is 0 Å². The van der Waals surface area contributed by atoms with Gasteiger partial charge in [0, 0.05) is 16.7 Å². The number of carboxylic acid groups (broad SMARTS) is 1. The number of rotatable bonds is 3. The van der Waals surface area contributed by atoms with Crippen LogP contribution in [0.2, 0.25) is 0 Å². The van der Waals surface area contributed by atoms with Crippen molar-refractivity contribution in [2.45, 2.75) is 45.4 Å². The lowest BCUT2D eigenvalue weighted by molar-refractivity contribution is -0.141. The first-order valence-electron chi connectivity index (χ1n) is 6.77. The monoisotopic (exact) mass is 296 g/mol. The normalized spacial score (nSPS) is 22.8. The van der Waals surface area contributed by atoms with Gasteiger partial charge in [0.1, 0.15) is 0 Å². The van der Waals surface area contributed by atoms with Crippen LogP contribution < -0.4 is 5.32 Å². The van der Waals surface area contributed by atoms with Crippen molar-refractivity contribution in [2.75, 3.05) is 5.32 Å². The molecule has 1 saturated carbocycles. The van der Waals surface area contributed by atoms with E-state index in [1.165, 1.54) is 11.3 Å². The van der Waals surface area contributed by atoms with Gasteiger partial charge in [-0.1, -0.05) is 20.8 Å². The third kappa shape index (κ3) is 3.36. The Labute approximate surface area is 122 Å². The summed E-state index contributed by atoms with van der Waals surface area (Å²) in [5.74, 6) is -1.50. The van der Waals surface area contributed by atoms with Crippen LogP contribution in [0, 0.1) is 11.8 Å². The summed E-state index contributed by atoms with van der Waals surface area (Å²) in [7, 11) is 0. The maximum absolute atomic E-state index is 12.1. The second-order valence-corrected chi connectivity index (χ2v) is 7.18. The van der Waals surface area contributed by atoms with Gasteiger partial charge in [0.25, 0.3) is 0 Å². The second-order valence-electron chi connectivity index (χ2n) is 6.32. The van der Waals surface area contributed by atoms with Crippen LogP contribution in [0.4, 0.5) is 5.13 Å². The van der Waals surface area contributed by atoms with E-state index < -0.39 is 5.97 Å². The molecule has 0 unspecified atom stereocenters. The summed E-state index contributed by atoms with van der Waals surface area (Å²) < 4.78 is 0. The third-order valence-corrected chi connectivity index (χ3v) is 4.41. The highest BCUT2D eigenvalue weighted by atomic mass is 32.1. The fourth-order valence-electron chi connectivity index (χ4n) is 2.33. The van der Waals surface area contributed by atoms with Crippen LogP contribution in [-0.4, -0.2) is 22.0 Å². The molecule has 0 spiro atoms. The number of carboxylic acids is 1. The first kappa shape index (κ1) is 15.0. The quantitative estimate of drug-likeness (QED) is 0.899. The Balaban J connectivity index is 1.95. The van der Waals surface area contributed by atoms with Crippen molar-refractivity contribution in [2.24, 2.45) is 11.8 Å². The molecule has 0 aliphatic heterocycles. The van der Waals surface area contributed by atoms with E-state index in [1.54, 1.807) is 0 Å². The molecular weight excluding hydrogens is 276 g/mol. The standard InChI is InChI=1S/C14H20N2O3S/c1-14(2,3)10-7-20-13(15-10)16-11(17)8-4-5-9(6-8)12(18)19/h7-9H,4-6H2,1-3H3,(H,18,19)(H,15,16,17)/t8-,9+/m1/s1. The van der Waals surface area contributed by atoms with E-state index in [0.29, 0.717) is 24.4 Å². The number of anilines is 1. The van der Waals surface area contributed by atoms with E-state index in [1.807, 2.05) is 5.38 Å². The van der Waals surface area contributed by atoms with Gasteiger partial charge in [-0.3, -0.25) is 9.59 Å². The predicted octanol–water partition coefficient (Wildman–Crippen LogP) is 2.88. The summed E-state index contributed by atoms with van der Waals surface area (Å²) in [6.45, 7) is 6.21. The Morgan fingerprint density at radius 1 is 1.35 bits per heavy atom. The zero-order valence-electron chi connectivity index (χ0n) is 12.0. The second kappa shape index (κ2) is 5.52. The number of carbonyl (C=O) groups is 2. The van der Waals surface area contributed by atoms with Crippen LogP contribution >= 0.6 is 11.3 Å². The molecule has 0 saturated heterocycles. The molecule has 0 radical (unpaired) electrons. The van der Waals surface area contributed by atoms with Gasteiger partial charge >= 0.3 is 5.97 Å². The maximum atomic E-state index is 12.1. The first-order chi connectivity index (χ1) is 9.27. The molecule has 5 nitrogen and oxygen atoms in total. The molecule has 6 heteroatoms. The minimum Gasteiger partial charge on any atom is -0.481 e. The summed E-state index contributed by atoms with van der Waals surface area (Å²) in [4.78, 5) is 27.4. The van der Waals surface area contributed by atoms with Crippen molar-refractivity contribution >= 4 is 28.3 Å². The minimum atomic E-state index is -0.801. The van der Waals surface area contributed by atoms with Crippen LogP contribution in [0.15, 0.2) is 5.38 Å². The van der Waals surface area contributed by atoms with Crippen molar-refractivity contribution in [1.82, 2.24) is 4.98 Å². The molecule has 0 bridgehead atoms. The van der Waals surface area contributed by atoms with E-state index >= 15 is 0 Å². The number of hydrogen-bond donors (Lipinski definition) is 2. The molecule has 1 heterocycles. The summed E-state index contributed by atoms with van der Waals surface area (Å²) in [6, 6.07) is 0. The molecule has 2 N–H and O–H groups in total. The van der Waals surface area contributed by atoms with Crippen molar-refractivity contribution in [1.29, 1.82) is 0 Å². The molecule has 110 valence electrons. The van der Waals surface area contributed by atoms with Crippen molar-refractivity contribution in [3.8, 4) is 0 Å². The number of carbonyl (C=O) groups excluding carboxylic acids is 1. The highest BCUT2D eigenvalue weighted by Crippen LogP contribution is 2.32. The number of amides is 1. The van der Waals surface area contributed by atoms with Gasteiger partial charge in [-0.05, 0) is 19.3 Å². The largest absolute Gasteiger partial charge is 0.481 e. The molecule has 1 aliphatic carbocycles. The van der Waals surface area contributed by atoms with Crippen LogP contribution in [0.1, 0.15) is 45.7 Å². The van der Waals surface area contributed by atoms with Gasteiger partial charge < -0.3 is 10.4 Å². The molecular formula is C14H20N2O3S. The van der Waals surface area contributed by atoms with Crippen LogP contribution in [0.25, 0.3) is 0 Å². The van der Waals surface area contributed by atoms with Crippen LogP contribution in [0.5, 0.6) is 0 Å². The fraction of sp³-hybridized carbons (Fsp3) is 0.643. The molecule has 2 rings (SSSR count). The highest BCUT2D eigenvalue weighted by molar-refractivity contribution is 7.13. The Kier molecular flexibility index (Phi) is 4.13. The molecule has 2 atom stereocenters. The molecule has 20 heavy (non-hydrogen) atoms. The average molecular weight is 296 g/mol. The lowest BCUT2D eigenvalue weighted by Crippen LogP contribution is -2.22. The van der Waals surface area contributed by atoms with E-state index in [9.17, 15) is 9.59 Å². The topological polar surface area (TPSA) is 79.3 Å². The summed E-state index contributed by atoms with van der Waals surface area (Å²) >= 11 is 1.41. The number of hydrogen-bond acceptors (Lipinski definition) is 4. The zero-order valence-corrected chi connectivity index (χ0v) is 12.8. The number of nitrogens with zero attached hydrogens (tertiary/aromatic N) is 1. The molecule has 1 aromatic rings. The van der Waals surface area contributed by atoms with E-state index in [2.05, 4.69) is 31.1 Å². The van der Waals surface area contributed by atoms with Crippen molar-refractivity contribution in [3.63, 3.8) is 0 Å². The molecule has 1 amide bonds. The van der Waals surface area contributed by atoms with E-state index in [0.717, 1.165) is 5.69 Å². The van der Waals surface area contributed by atoms with Gasteiger partial charge in [0.05, 0.1) is 11.6 Å². The third-order valence-electron chi connectivity index (χ3n) is 3.66. The lowest BCUT2D eigenvalue weighted by Gasteiger charge is -2.14. The number of nitrogens with one attached hydrogen (secondary N) is 1. The number of aliphatic carboxylic acids is 1.